The van der Waals surface area contributed by atoms with Crippen LogP contribution in [-0.2, 0) is 6.42 Å². The van der Waals surface area contributed by atoms with E-state index in [2.05, 4.69) is 64.3 Å². The van der Waals surface area contributed by atoms with E-state index in [1.165, 1.54) is 20.3 Å². The Morgan fingerprint density at radius 3 is 2.82 bits per heavy atom. The first-order valence-electron chi connectivity index (χ1n) is 7.55. The van der Waals surface area contributed by atoms with Crippen LogP contribution in [0.4, 0.5) is 0 Å². The molecule has 1 heterocycles. The lowest BCUT2D eigenvalue weighted by molar-refractivity contribution is 0.309. The minimum atomic E-state index is 0.211. The summed E-state index contributed by atoms with van der Waals surface area (Å²) in [6.45, 7) is 3.61. The molecule has 0 aromatic heterocycles. The minimum Gasteiger partial charge on any atom is -0.493 e. The van der Waals surface area contributed by atoms with Gasteiger partial charge in [-0.25, -0.2) is 0 Å². The van der Waals surface area contributed by atoms with Gasteiger partial charge in [-0.1, -0.05) is 12.1 Å². The van der Waals surface area contributed by atoms with E-state index >= 15 is 0 Å². The topological polar surface area (TPSA) is 30.5 Å². The second-order valence-electron chi connectivity index (χ2n) is 5.33. The van der Waals surface area contributed by atoms with Gasteiger partial charge in [0.15, 0.2) is 11.5 Å². The van der Waals surface area contributed by atoms with Crippen molar-refractivity contribution in [1.82, 2.24) is 5.32 Å². The van der Waals surface area contributed by atoms with Gasteiger partial charge in [0.25, 0.3) is 0 Å². The fourth-order valence-electron chi connectivity index (χ4n) is 2.98. The molecule has 0 aliphatic carbocycles. The molecule has 0 radical (unpaired) electrons. The second kappa shape index (κ2) is 6.87. The Bertz CT molecular complexity index is 672. The van der Waals surface area contributed by atoms with Crippen molar-refractivity contribution >= 4 is 22.6 Å². The lowest BCUT2D eigenvalue weighted by Gasteiger charge is -2.28. The van der Waals surface area contributed by atoms with Crippen molar-refractivity contribution in [3.8, 4) is 11.5 Å². The standard InChI is InChI=1S/C18H20INO2/c1-3-22-17-10-12-7-8-20-18(15(12)11-16(17)21-2)13-5-4-6-14(19)9-13/h4-6,9-11,18,20H,3,7-8H2,1-2H3/t18-/m1/s1. The van der Waals surface area contributed by atoms with E-state index in [1.807, 2.05) is 6.92 Å². The van der Waals surface area contributed by atoms with Gasteiger partial charge < -0.3 is 14.8 Å². The third-order valence-electron chi connectivity index (χ3n) is 3.96. The number of methoxy groups -OCH3 is 1. The Kier molecular flexibility index (Phi) is 4.88. The molecular weight excluding hydrogens is 389 g/mol. The van der Waals surface area contributed by atoms with Gasteiger partial charge in [0, 0.05) is 10.1 Å². The number of nitrogens with one attached hydrogen (secondary N) is 1. The van der Waals surface area contributed by atoms with E-state index in [0.717, 1.165) is 24.5 Å². The highest BCUT2D eigenvalue weighted by molar-refractivity contribution is 14.1. The second-order valence-corrected chi connectivity index (χ2v) is 6.57. The predicted molar refractivity (Wildman–Crippen MR) is 96.9 cm³/mol. The van der Waals surface area contributed by atoms with Gasteiger partial charge in [0.1, 0.15) is 0 Å². The van der Waals surface area contributed by atoms with Crippen LogP contribution in [0, 0.1) is 3.57 Å². The Labute approximate surface area is 145 Å². The molecule has 0 bridgehead atoms. The molecule has 3 rings (SSSR count). The maximum absolute atomic E-state index is 5.71. The van der Waals surface area contributed by atoms with Crippen LogP contribution in [0.3, 0.4) is 0 Å². The Morgan fingerprint density at radius 2 is 2.09 bits per heavy atom. The van der Waals surface area contributed by atoms with Gasteiger partial charge in [-0.3, -0.25) is 0 Å². The molecule has 4 heteroatoms. The van der Waals surface area contributed by atoms with E-state index < -0.39 is 0 Å². The number of benzene rings is 2. The third-order valence-corrected chi connectivity index (χ3v) is 4.63. The summed E-state index contributed by atoms with van der Waals surface area (Å²) in [4.78, 5) is 0. The highest BCUT2D eigenvalue weighted by Gasteiger charge is 2.24. The van der Waals surface area contributed by atoms with Gasteiger partial charge >= 0.3 is 0 Å². The Morgan fingerprint density at radius 1 is 1.23 bits per heavy atom. The van der Waals surface area contributed by atoms with Crippen LogP contribution >= 0.6 is 22.6 Å². The van der Waals surface area contributed by atoms with E-state index in [1.54, 1.807) is 7.11 Å². The quantitative estimate of drug-likeness (QED) is 0.777. The molecule has 0 unspecified atom stereocenters. The summed E-state index contributed by atoms with van der Waals surface area (Å²) in [5.74, 6) is 1.65. The predicted octanol–water partition coefficient (Wildman–Crippen LogP) is 3.93. The monoisotopic (exact) mass is 409 g/mol. The molecule has 0 saturated heterocycles. The molecule has 0 amide bonds. The van der Waals surface area contributed by atoms with Crippen LogP contribution in [0.15, 0.2) is 36.4 Å². The number of fused-ring (bicyclic) bond motifs is 1. The zero-order valence-electron chi connectivity index (χ0n) is 12.9. The first-order valence-corrected chi connectivity index (χ1v) is 8.63. The molecule has 1 aliphatic rings. The van der Waals surface area contributed by atoms with Crippen LogP contribution in [0.1, 0.15) is 29.7 Å². The summed E-state index contributed by atoms with van der Waals surface area (Å²) >= 11 is 2.36. The van der Waals surface area contributed by atoms with Crippen molar-refractivity contribution in [3.05, 3.63) is 56.7 Å². The number of hydrogen-bond donors (Lipinski definition) is 1. The van der Waals surface area contributed by atoms with Crippen LogP contribution in [0.2, 0.25) is 0 Å². The van der Waals surface area contributed by atoms with Gasteiger partial charge in [-0.05, 0) is 76.9 Å². The Hall–Kier alpha value is -1.27. The average Bonchev–Trinajstić information content (AvgIpc) is 2.54. The largest absolute Gasteiger partial charge is 0.493 e. The summed E-state index contributed by atoms with van der Waals surface area (Å²) in [6, 6.07) is 13.1. The Balaban J connectivity index is 2.05. The van der Waals surface area contributed by atoms with Crippen molar-refractivity contribution in [3.63, 3.8) is 0 Å². The van der Waals surface area contributed by atoms with Crippen molar-refractivity contribution in [2.75, 3.05) is 20.3 Å². The lowest BCUT2D eigenvalue weighted by Crippen LogP contribution is -2.30. The summed E-state index contributed by atoms with van der Waals surface area (Å²) < 4.78 is 12.5. The highest BCUT2D eigenvalue weighted by atomic mass is 127. The van der Waals surface area contributed by atoms with Gasteiger partial charge in [-0.15, -0.1) is 0 Å². The van der Waals surface area contributed by atoms with E-state index in [9.17, 15) is 0 Å². The van der Waals surface area contributed by atoms with Crippen LogP contribution in [0.5, 0.6) is 11.5 Å². The molecule has 22 heavy (non-hydrogen) atoms. The van der Waals surface area contributed by atoms with Crippen molar-refractivity contribution in [1.29, 1.82) is 0 Å². The first-order chi connectivity index (χ1) is 10.7. The fourth-order valence-corrected chi connectivity index (χ4v) is 3.54. The summed E-state index contributed by atoms with van der Waals surface area (Å²) in [7, 11) is 1.70. The third kappa shape index (κ3) is 3.08. The van der Waals surface area contributed by atoms with Crippen molar-refractivity contribution in [2.24, 2.45) is 0 Å². The molecule has 1 N–H and O–H groups in total. The summed E-state index contributed by atoms with van der Waals surface area (Å²) in [6.07, 6.45) is 1.01. The zero-order valence-corrected chi connectivity index (χ0v) is 15.0. The molecule has 2 aromatic rings. The van der Waals surface area contributed by atoms with Gasteiger partial charge in [-0.2, -0.15) is 0 Å². The molecular formula is C18H20INO2. The number of halogens is 1. The van der Waals surface area contributed by atoms with E-state index in [0.29, 0.717) is 6.61 Å². The minimum absolute atomic E-state index is 0.211. The maximum Gasteiger partial charge on any atom is 0.161 e. The van der Waals surface area contributed by atoms with Crippen molar-refractivity contribution in [2.45, 2.75) is 19.4 Å². The molecule has 1 atom stereocenters. The number of hydrogen-bond acceptors (Lipinski definition) is 3. The maximum atomic E-state index is 5.71. The van der Waals surface area contributed by atoms with Crippen LogP contribution in [-0.4, -0.2) is 20.3 Å². The number of rotatable bonds is 4. The van der Waals surface area contributed by atoms with Gasteiger partial charge in [0.05, 0.1) is 19.8 Å². The van der Waals surface area contributed by atoms with E-state index in [4.69, 9.17) is 9.47 Å². The van der Waals surface area contributed by atoms with E-state index in [-0.39, 0.29) is 6.04 Å². The molecule has 0 fully saturated rings. The van der Waals surface area contributed by atoms with Crippen LogP contribution < -0.4 is 14.8 Å². The number of ether oxygens (including phenoxy) is 2. The zero-order chi connectivity index (χ0) is 15.5. The molecule has 3 nitrogen and oxygen atoms in total. The van der Waals surface area contributed by atoms with Gasteiger partial charge in [0.2, 0.25) is 0 Å². The molecule has 2 aromatic carbocycles. The van der Waals surface area contributed by atoms with Crippen molar-refractivity contribution < 1.29 is 9.47 Å². The lowest BCUT2D eigenvalue weighted by atomic mass is 9.89. The average molecular weight is 409 g/mol. The normalized spacial score (nSPS) is 17.0. The molecule has 1 aliphatic heterocycles. The molecule has 0 spiro atoms. The summed E-state index contributed by atoms with van der Waals surface area (Å²) in [5, 5.41) is 3.62. The molecule has 116 valence electrons. The fraction of sp³-hybridized carbons (Fsp3) is 0.333. The summed E-state index contributed by atoms with van der Waals surface area (Å²) in [5.41, 5.74) is 3.92. The first kappa shape index (κ1) is 15.6. The molecule has 0 saturated carbocycles. The smallest absolute Gasteiger partial charge is 0.161 e. The van der Waals surface area contributed by atoms with Crippen LogP contribution in [0.25, 0.3) is 0 Å². The SMILES string of the molecule is CCOc1cc2c(cc1OC)[C@@H](c1cccc(I)c1)NCC2. The highest BCUT2D eigenvalue weighted by Crippen LogP contribution is 2.37.